The molecule has 0 bridgehead atoms. The Kier molecular flexibility index (Phi) is 9.46. The van der Waals surface area contributed by atoms with Crippen LogP contribution in [0.1, 0.15) is 27.0 Å². The molecule has 15 nitrogen and oxygen atoms in total. The highest BCUT2D eigenvalue weighted by atomic mass is 32.5. The average Bonchev–Trinajstić information content (AvgIpc) is 3.09. The number of aromatic amines is 1. The quantitative estimate of drug-likeness (QED) is 0.0986. The molecular formula is C21H27N6O9PS. The molecule has 1 aromatic carbocycles. The van der Waals surface area contributed by atoms with E-state index in [1.807, 2.05) is 4.98 Å². The number of aliphatic hydroxyl groups excluding tert-OH is 2. The zero-order valence-electron chi connectivity index (χ0n) is 20.5. The van der Waals surface area contributed by atoms with Gasteiger partial charge in [0.25, 0.3) is 5.56 Å². The number of carbonyl (C=O) groups excluding carboxylic acids is 1. The van der Waals surface area contributed by atoms with Gasteiger partial charge in [0, 0.05) is 17.2 Å². The number of benzene rings is 1. The molecule has 3 unspecified atom stereocenters. The number of azide groups is 1. The van der Waals surface area contributed by atoms with E-state index < -0.39 is 66.8 Å². The number of hydrogen-bond donors (Lipinski definition) is 4. The highest BCUT2D eigenvalue weighted by molar-refractivity contribution is 8.09. The first-order chi connectivity index (χ1) is 17.9. The summed E-state index contributed by atoms with van der Waals surface area (Å²) in [5.41, 5.74) is 5.29. The number of esters is 1. The van der Waals surface area contributed by atoms with Gasteiger partial charge in [0.2, 0.25) is 5.72 Å². The Bertz CT molecular complexity index is 1350. The smallest absolute Gasteiger partial charge is 0.330 e. The minimum absolute atomic E-state index is 0.288. The Balaban J connectivity index is 1.91. The Hall–Kier alpha value is -3.07. The molecule has 1 aliphatic heterocycles. The summed E-state index contributed by atoms with van der Waals surface area (Å²) in [6.45, 7) is 0.420. The van der Waals surface area contributed by atoms with E-state index in [0.29, 0.717) is 0 Å². The summed E-state index contributed by atoms with van der Waals surface area (Å²) in [4.78, 5) is 40.8. The van der Waals surface area contributed by atoms with E-state index in [1.54, 1.807) is 44.2 Å². The van der Waals surface area contributed by atoms with Crippen LogP contribution >= 0.6 is 6.64 Å². The molecule has 17 heteroatoms. The van der Waals surface area contributed by atoms with E-state index in [-0.39, 0.29) is 5.75 Å². The van der Waals surface area contributed by atoms with Gasteiger partial charge in [-0.3, -0.25) is 19.1 Å². The molecule has 1 saturated heterocycles. The van der Waals surface area contributed by atoms with Crippen molar-refractivity contribution in [1.82, 2.24) is 14.6 Å². The minimum Gasteiger partial charge on any atom is -0.462 e. The van der Waals surface area contributed by atoms with Gasteiger partial charge in [-0.1, -0.05) is 23.3 Å². The van der Waals surface area contributed by atoms with Crippen LogP contribution in [0.2, 0.25) is 0 Å². The van der Waals surface area contributed by atoms with Crippen LogP contribution < -0.4 is 20.9 Å². The van der Waals surface area contributed by atoms with Gasteiger partial charge in [-0.25, -0.2) is 9.88 Å². The lowest BCUT2D eigenvalue weighted by Gasteiger charge is -2.31. The second-order valence-corrected chi connectivity index (χ2v) is 11.6. The number of aromatic nitrogens is 2. The molecule has 0 aliphatic carbocycles. The second-order valence-electron chi connectivity index (χ2n) is 8.51. The van der Waals surface area contributed by atoms with E-state index in [2.05, 4.69) is 15.1 Å². The lowest BCUT2D eigenvalue weighted by Crippen LogP contribution is -2.45. The molecule has 2 heterocycles. The summed E-state index contributed by atoms with van der Waals surface area (Å²) >= 11 is 5.61. The largest absolute Gasteiger partial charge is 0.462 e. The zero-order valence-corrected chi connectivity index (χ0v) is 22.2. The normalized spacial score (nSPS) is 25.3. The molecule has 0 saturated carbocycles. The van der Waals surface area contributed by atoms with Crippen LogP contribution in [-0.4, -0.2) is 62.4 Å². The summed E-state index contributed by atoms with van der Waals surface area (Å²) in [6, 6.07) is 8.30. The summed E-state index contributed by atoms with van der Waals surface area (Å²) in [7, 11) is 0. The topological polar surface area (TPSA) is 210 Å². The van der Waals surface area contributed by atoms with Crippen LogP contribution in [0.15, 0.2) is 57.3 Å². The lowest BCUT2D eigenvalue weighted by atomic mass is 10.1. The fourth-order valence-corrected chi connectivity index (χ4v) is 5.84. The molecule has 4 N–H and O–H groups in total. The highest BCUT2D eigenvalue weighted by Crippen LogP contribution is 2.48. The van der Waals surface area contributed by atoms with Crippen molar-refractivity contribution in [3.63, 3.8) is 0 Å². The van der Waals surface area contributed by atoms with Gasteiger partial charge < -0.3 is 28.7 Å². The molecule has 0 spiro atoms. The summed E-state index contributed by atoms with van der Waals surface area (Å²) in [5, 5.41) is 27.7. The molecular weight excluding hydrogens is 543 g/mol. The molecule has 6 atom stereocenters. The van der Waals surface area contributed by atoms with Gasteiger partial charge in [-0.15, -0.1) is 0 Å². The zero-order chi connectivity index (χ0) is 28.1. The molecule has 2 aromatic rings. The number of ether oxygens (including phenoxy) is 2. The van der Waals surface area contributed by atoms with Crippen LogP contribution in [-0.2, 0) is 30.6 Å². The monoisotopic (exact) mass is 570 g/mol. The maximum atomic E-state index is 12.4. The van der Waals surface area contributed by atoms with Crippen LogP contribution in [0.3, 0.4) is 0 Å². The van der Waals surface area contributed by atoms with Crippen molar-refractivity contribution in [2.24, 2.45) is 5.11 Å². The van der Waals surface area contributed by atoms with Gasteiger partial charge in [0.15, 0.2) is 6.23 Å². The van der Waals surface area contributed by atoms with Gasteiger partial charge in [-0.2, -0.15) is 0 Å². The molecule has 1 fully saturated rings. The maximum Gasteiger partial charge on any atom is 0.330 e. The number of para-hydroxylation sites is 1. The Labute approximate surface area is 221 Å². The third-order valence-electron chi connectivity index (χ3n) is 5.21. The van der Waals surface area contributed by atoms with Gasteiger partial charge in [0.05, 0.1) is 12.7 Å². The summed E-state index contributed by atoms with van der Waals surface area (Å²) in [6.07, 6.45) is -4.60. The van der Waals surface area contributed by atoms with Crippen LogP contribution in [0, 0.1) is 0 Å². The third-order valence-corrected chi connectivity index (χ3v) is 7.69. The number of carbonyl (C=O) groups is 1. The lowest BCUT2D eigenvalue weighted by molar-refractivity contribution is -0.149. The standard InChI is InChI=1S/C21H27N6O9PS/c1-12(2)34-19(31)13(3)24-37(38,36-14-7-5-4-6-8-14)33-11-21(25-26-22)17(30)16(29)18(35-21)27-10-9-15(28)23-20(27)32/h4-10,12-13,16-18,29-30H,11H2,1-3H3,(H,24,38)(H,23,28,32)/t13?,16-,17+,18?,21-,37?/m1/s1. The number of rotatable bonds is 11. The van der Waals surface area contributed by atoms with Crippen LogP contribution in [0.5, 0.6) is 5.75 Å². The Morgan fingerprint density at radius 3 is 2.61 bits per heavy atom. The molecule has 3 rings (SSSR count). The molecule has 206 valence electrons. The first-order valence-corrected chi connectivity index (χ1v) is 13.9. The number of aliphatic hydroxyl groups is 2. The first-order valence-electron chi connectivity index (χ1n) is 11.3. The van der Waals surface area contributed by atoms with E-state index >= 15 is 0 Å². The van der Waals surface area contributed by atoms with E-state index in [9.17, 15) is 30.1 Å². The number of hydrogen-bond acceptors (Lipinski definition) is 11. The first kappa shape index (κ1) is 29.5. The average molecular weight is 571 g/mol. The van der Waals surface area contributed by atoms with Crippen molar-refractivity contribution >= 4 is 24.4 Å². The Morgan fingerprint density at radius 2 is 2.00 bits per heavy atom. The number of nitrogens with zero attached hydrogens (tertiary/aromatic N) is 4. The molecule has 1 aliphatic rings. The second kappa shape index (κ2) is 12.2. The minimum atomic E-state index is -3.66. The van der Waals surface area contributed by atoms with Crippen molar-refractivity contribution in [3.8, 4) is 5.75 Å². The predicted octanol–water partition coefficient (Wildman–Crippen LogP) is 1.04. The van der Waals surface area contributed by atoms with Crippen molar-refractivity contribution < 1.29 is 33.5 Å². The van der Waals surface area contributed by atoms with Crippen LogP contribution in [0.4, 0.5) is 0 Å². The van der Waals surface area contributed by atoms with Crippen molar-refractivity contribution in [3.05, 3.63) is 73.9 Å². The van der Waals surface area contributed by atoms with Crippen LogP contribution in [0.25, 0.3) is 10.4 Å². The van der Waals surface area contributed by atoms with Gasteiger partial charge >= 0.3 is 18.3 Å². The van der Waals surface area contributed by atoms with Crippen molar-refractivity contribution in [2.75, 3.05) is 6.61 Å². The van der Waals surface area contributed by atoms with E-state index in [1.165, 1.54) is 6.92 Å². The van der Waals surface area contributed by atoms with Gasteiger partial charge in [-0.05, 0) is 50.2 Å². The molecule has 0 amide bonds. The Morgan fingerprint density at radius 1 is 1.32 bits per heavy atom. The summed E-state index contributed by atoms with van der Waals surface area (Å²) in [5.74, 6) is -0.347. The number of H-pyrrole nitrogens is 1. The maximum absolute atomic E-state index is 12.4. The van der Waals surface area contributed by atoms with Crippen molar-refractivity contribution in [2.45, 2.75) is 57.1 Å². The predicted molar refractivity (Wildman–Crippen MR) is 136 cm³/mol. The summed E-state index contributed by atoms with van der Waals surface area (Å²) < 4.78 is 23.4. The fourth-order valence-electron chi connectivity index (χ4n) is 3.44. The highest BCUT2D eigenvalue weighted by Gasteiger charge is 2.56. The SMILES string of the molecule is CC(C)OC(=O)C(C)NP(=S)(OC[C@@]1(N=[N+]=[N-])OC(n2ccc(=O)[nH]c2=O)[C@H](O)[C@@H]1O)Oc1ccccc1. The van der Waals surface area contributed by atoms with Crippen molar-refractivity contribution in [1.29, 1.82) is 0 Å². The van der Waals surface area contributed by atoms with E-state index in [4.69, 9.17) is 30.3 Å². The van der Waals surface area contributed by atoms with E-state index in [0.717, 1.165) is 16.8 Å². The molecule has 0 radical (unpaired) electrons. The number of nitrogens with one attached hydrogen (secondary N) is 2. The molecule has 1 aromatic heterocycles. The van der Waals surface area contributed by atoms with Gasteiger partial charge in [0.1, 0.15) is 24.0 Å². The molecule has 38 heavy (non-hydrogen) atoms. The third kappa shape index (κ3) is 6.87. The fraction of sp³-hybridized carbons (Fsp3) is 0.476.